The summed E-state index contributed by atoms with van der Waals surface area (Å²) >= 11 is 6.55. The van der Waals surface area contributed by atoms with Crippen molar-refractivity contribution in [2.45, 2.75) is 6.92 Å². The van der Waals surface area contributed by atoms with Crippen molar-refractivity contribution in [2.75, 3.05) is 5.32 Å². The van der Waals surface area contributed by atoms with E-state index in [-0.39, 0.29) is 15.7 Å². The van der Waals surface area contributed by atoms with E-state index in [1.807, 2.05) is 0 Å². The Labute approximate surface area is 117 Å². The molecule has 0 aliphatic carbocycles. The standard InChI is InChI=1S/C11H8ClN3O3S/c1-5-2-8(19-9(5)11(17)18)15-10(16)6-3-14-7(12)4-13-6/h2-4H,1H3,(H,15,16)(H,17,18). The van der Waals surface area contributed by atoms with Gasteiger partial charge in [-0.25, -0.2) is 14.8 Å². The topological polar surface area (TPSA) is 92.2 Å². The summed E-state index contributed by atoms with van der Waals surface area (Å²) in [5.41, 5.74) is 0.697. The van der Waals surface area contributed by atoms with Gasteiger partial charge in [0, 0.05) is 0 Å². The first kappa shape index (κ1) is 13.4. The number of aromatic nitrogens is 2. The predicted molar refractivity (Wildman–Crippen MR) is 71.0 cm³/mol. The molecule has 2 aromatic heterocycles. The molecular weight excluding hydrogens is 290 g/mol. The van der Waals surface area contributed by atoms with E-state index in [1.54, 1.807) is 13.0 Å². The molecule has 0 aromatic carbocycles. The van der Waals surface area contributed by atoms with Crippen LogP contribution in [0.25, 0.3) is 0 Å². The number of nitrogens with one attached hydrogen (secondary N) is 1. The van der Waals surface area contributed by atoms with Crippen molar-refractivity contribution in [3.8, 4) is 0 Å². The van der Waals surface area contributed by atoms with Crippen LogP contribution in [0.15, 0.2) is 18.5 Å². The van der Waals surface area contributed by atoms with Crippen molar-refractivity contribution in [3.05, 3.63) is 39.7 Å². The molecule has 98 valence electrons. The number of amides is 1. The Morgan fingerprint density at radius 3 is 2.63 bits per heavy atom. The second kappa shape index (κ2) is 5.33. The van der Waals surface area contributed by atoms with Crippen molar-refractivity contribution >= 4 is 39.8 Å². The smallest absolute Gasteiger partial charge is 0.346 e. The van der Waals surface area contributed by atoms with Crippen LogP contribution in [0.2, 0.25) is 5.15 Å². The van der Waals surface area contributed by atoms with E-state index in [9.17, 15) is 9.59 Å². The minimum atomic E-state index is -1.02. The first-order chi connectivity index (χ1) is 8.97. The summed E-state index contributed by atoms with van der Waals surface area (Å²) in [6, 6.07) is 1.59. The number of carboxylic acid groups (broad SMARTS) is 1. The maximum Gasteiger partial charge on any atom is 0.346 e. The summed E-state index contributed by atoms with van der Waals surface area (Å²) in [5.74, 6) is -1.49. The third kappa shape index (κ3) is 3.07. The summed E-state index contributed by atoms with van der Waals surface area (Å²) in [7, 11) is 0. The highest BCUT2D eigenvalue weighted by molar-refractivity contribution is 7.18. The number of rotatable bonds is 3. The molecule has 0 aliphatic heterocycles. The fourth-order valence-corrected chi connectivity index (χ4v) is 2.37. The minimum absolute atomic E-state index is 0.104. The van der Waals surface area contributed by atoms with Crippen LogP contribution in [-0.4, -0.2) is 27.0 Å². The molecule has 2 N–H and O–H groups in total. The lowest BCUT2D eigenvalue weighted by Crippen LogP contribution is -2.13. The number of hydrogen-bond donors (Lipinski definition) is 2. The number of hydrogen-bond acceptors (Lipinski definition) is 5. The van der Waals surface area contributed by atoms with Crippen molar-refractivity contribution in [1.82, 2.24) is 9.97 Å². The summed E-state index contributed by atoms with van der Waals surface area (Å²) < 4.78 is 0. The molecule has 0 fully saturated rings. The van der Waals surface area contributed by atoms with Crippen LogP contribution in [0, 0.1) is 6.92 Å². The zero-order chi connectivity index (χ0) is 14.0. The summed E-state index contributed by atoms with van der Waals surface area (Å²) in [4.78, 5) is 30.5. The van der Waals surface area contributed by atoms with Crippen LogP contribution in [0.5, 0.6) is 0 Å². The van der Waals surface area contributed by atoms with E-state index in [1.165, 1.54) is 12.4 Å². The molecule has 2 aromatic rings. The zero-order valence-corrected chi connectivity index (χ0v) is 11.2. The minimum Gasteiger partial charge on any atom is -0.477 e. The van der Waals surface area contributed by atoms with Gasteiger partial charge in [-0.15, -0.1) is 11.3 Å². The van der Waals surface area contributed by atoms with Gasteiger partial charge in [0.15, 0.2) is 0 Å². The normalized spacial score (nSPS) is 10.2. The van der Waals surface area contributed by atoms with Gasteiger partial charge in [-0.1, -0.05) is 11.6 Å². The predicted octanol–water partition coefficient (Wildman–Crippen LogP) is 2.45. The molecule has 0 saturated heterocycles. The molecule has 0 bridgehead atoms. The highest BCUT2D eigenvalue weighted by Crippen LogP contribution is 2.26. The Kier molecular flexibility index (Phi) is 3.77. The number of carboxylic acids is 1. The van der Waals surface area contributed by atoms with Gasteiger partial charge < -0.3 is 10.4 Å². The number of aryl methyl sites for hydroxylation is 1. The number of carbonyl (C=O) groups is 2. The molecule has 1 amide bonds. The van der Waals surface area contributed by atoms with Crippen LogP contribution in [0.1, 0.15) is 25.7 Å². The molecular formula is C11H8ClN3O3S. The highest BCUT2D eigenvalue weighted by Gasteiger charge is 2.15. The molecule has 19 heavy (non-hydrogen) atoms. The molecule has 2 rings (SSSR count). The van der Waals surface area contributed by atoms with Gasteiger partial charge in [0.2, 0.25) is 0 Å². The lowest BCUT2D eigenvalue weighted by Gasteiger charge is -2.00. The molecule has 0 atom stereocenters. The maximum atomic E-state index is 11.8. The molecule has 6 nitrogen and oxygen atoms in total. The van der Waals surface area contributed by atoms with Crippen LogP contribution in [0.3, 0.4) is 0 Å². The summed E-state index contributed by atoms with van der Waals surface area (Å²) in [6.45, 7) is 1.66. The first-order valence-corrected chi connectivity index (χ1v) is 6.29. The van der Waals surface area contributed by atoms with Gasteiger partial charge in [0.05, 0.1) is 17.4 Å². The van der Waals surface area contributed by atoms with Crippen LogP contribution in [0.4, 0.5) is 5.00 Å². The molecule has 0 aliphatic rings. The fraction of sp³-hybridized carbons (Fsp3) is 0.0909. The quantitative estimate of drug-likeness (QED) is 0.908. The van der Waals surface area contributed by atoms with Crippen LogP contribution in [-0.2, 0) is 0 Å². The number of halogens is 1. The van der Waals surface area contributed by atoms with E-state index < -0.39 is 11.9 Å². The van der Waals surface area contributed by atoms with Crippen molar-refractivity contribution < 1.29 is 14.7 Å². The molecule has 0 spiro atoms. The SMILES string of the molecule is Cc1cc(NC(=O)c2cnc(Cl)cn2)sc1C(=O)O. The van der Waals surface area contributed by atoms with E-state index in [4.69, 9.17) is 16.7 Å². The van der Waals surface area contributed by atoms with Gasteiger partial charge in [-0.2, -0.15) is 0 Å². The number of carbonyl (C=O) groups excluding carboxylic acids is 1. The number of thiophene rings is 1. The third-order valence-electron chi connectivity index (χ3n) is 2.20. The average Bonchev–Trinajstić information content (AvgIpc) is 2.71. The monoisotopic (exact) mass is 297 g/mol. The average molecular weight is 298 g/mol. The molecule has 8 heteroatoms. The van der Waals surface area contributed by atoms with Crippen molar-refractivity contribution in [2.24, 2.45) is 0 Å². The van der Waals surface area contributed by atoms with Crippen LogP contribution >= 0.6 is 22.9 Å². The van der Waals surface area contributed by atoms with E-state index in [0.29, 0.717) is 10.6 Å². The van der Waals surface area contributed by atoms with Gasteiger partial charge in [-0.3, -0.25) is 4.79 Å². The molecule has 0 saturated carbocycles. The zero-order valence-electron chi connectivity index (χ0n) is 9.68. The maximum absolute atomic E-state index is 11.8. The van der Waals surface area contributed by atoms with E-state index in [2.05, 4.69) is 15.3 Å². The summed E-state index contributed by atoms with van der Waals surface area (Å²) in [6.07, 6.45) is 2.51. The van der Waals surface area contributed by atoms with Crippen LogP contribution < -0.4 is 5.32 Å². The van der Waals surface area contributed by atoms with Gasteiger partial charge in [0.1, 0.15) is 15.7 Å². The Morgan fingerprint density at radius 2 is 2.11 bits per heavy atom. The van der Waals surface area contributed by atoms with Gasteiger partial charge in [-0.05, 0) is 18.6 Å². The second-order valence-electron chi connectivity index (χ2n) is 3.61. The molecule has 0 unspecified atom stereocenters. The first-order valence-electron chi connectivity index (χ1n) is 5.10. The number of aromatic carboxylic acids is 1. The Morgan fingerprint density at radius 1 is 1.37 bits per heavy atom. The van der Waals surface area contributed by atoms with E-state index >= 15 is 0 Å². The summed E-state index contributed by atoms with van der Waals surface area (Å²) in [5, 5.41) is 12.1. The molecule has 0 radical (unpaired) electrons. The Hall–Kier alpha value is -1.99. The third-order valence-corrected chi connectivity index (χ3v) is 3.54. The lowest BCUT2D eigenvalue weighted by molar-refractivity contribution is 0.0701. The fourth-order valence-electron chi connectivity index (χ4n) is 1.36. The largest absolute Gasteiger partial charge is 0.477 e. The van der Waals surface area contributed by atoms with Gasteiger partial charge in [0.25, 0.3) is 5.91 Å². The number of anilines is 1. The second-order valence-corrected chi connectivity index (χ2v) is 5.05. The van der Waals surface area contributed by atoms with Gasteiger partial charge >= 0.3 is 5.97 Å². The van der Waals surface area contributed by atoms with E-state index in [0.717, 1.165) is 11.3 Å². The molecule has 2 heterocycles. The Balaban J connectivity index is 2.17. The Bertz CT molecular complexity index is 639. The lowest BCUT2D eigenvalue weighted by atomic mass is 10.3. The number of nitrogens with zero attached hydrogens (tertiary/aromatic N) is 2. The van der Waals surface area contributed by atoms with Crippen molar-refractivity contribution in [1.29, 1.82) is 0 Å². The van der Waals surface area contributed by atoms with Crippen molar-refractivity contribution in [3.63, 3.8) is 0 Å². The highest BCUT2D eigenvalue weighted by atomic mass is 35.5.